The molecule has 0 N–H and O–H groups in total. The summed E-state index contributed by atoms with van der Waals surface area (Å²) in [5.74, 6) is 0.596. The summed E-state index contributed by atoms with van der Waals surface area (Å²) in [6, 6.07) is 0. The van der Waals surface area contributed by atoms with Gasteiger partial charge in [0.05, 0.1) is 20.3 Å². The molecule has 0 spiro atoms. The monoisotopic (exact) mass is 282 g/mol. The van der Waals surface area contributed by atoms with Crippen LogP contribution >= 0.6 is 7.60 Å². The molecule has 5 nitrogen and oxygen atoms in total. The molecule has 0 fully saturated rings. The molecule has 0 aromatic heterocycles. The van der Waals surface area contributed by atoms with E-state index >= 15 is 0 Å². The number of methoxy groups -OCH3 is 1. The van der Waals surface area contributed by atoms with E-state index < -0.39 is 13.6 Å². The smallest absolute Gasteiger partial charge is 0.467 e. The SMILES string of the molecule is C[CH-]/C=C/C(=CP(=O)(OCC)OCC)C(=O)OC.[Li+]. The minimum absolute atomic E-state index is 0. The number of hydrogen-bond acceptors (Lipinski definition) is 5. The van der Waals surface area contributed by atoms with Crippen LogP contribution in [0, 0.1) is 6.42 Å². The van der Waals surface area contributed by atoms with Gasteiger partial charge in [0.25, 0.3) is 0 Å². The Kier molecular flexibility index (Phi) is 12.5. The molecule has 0 aliphatic heterocycles. The summed E-state index contributed by atoms with van der Waals surface area (Å²) in [6.45, 7) is 5.66. The Hall–Kier alpha value is -0.433. The Morgan fingerprint density at radius 3 is 2.16 bits per heavy atom. The zero-order chi connectivity index (χ0) is 14.0. The van der Waals surface area contributed by atoms with Crippen LogP contribution in [0.1, 0.15) is 20.8 Å². The molecular weight excluding hydrogens is 262 g/mol. The van der Waals surface area contributed by atoms with E-state index in [1.165, 1.54) is 19.0 Å². The molecule has 0 aromatic carbocycles. The van der Waals surface area contributed by atoms with Gasteiger partial charge in [-0.3, -0.25) is 4.57 Å². The van der Waals surface area contributed by atoms with Crippen LogP contribution in [0.25, 0.3) is 0 Å². The Balaban J connectivity index is 0. The zero-order valence-electron chi connectivity index (χ0n) is 12.2. The van der Waals surface area contributed by atoms with Crippen LogP contribution in [0.15, 0.2) is 23.5 Å². The summed E-state index contributed by atoms with van der Waals surface area (Å²) in [5.41, 5.74) is 0.140. The Morgan fingerprint density at radius 1 is 1.26 bits per heavy atom. The molecule has 0 bridgehead atoms. The molecule has 0 atom stereocenters. The first-order chi connectivity index (χ1) is 8.52. The predicted octanol–water partition coefficient (Wildman–Crippen LogP) is 0.0938. The molecule has 0 unspecified atom stereocenters. The van der Waals surface area contributed by atoms with Crippen molar-refractivity contribution >= 4 is 13.6 Å². The topological polar surface area (TPSA) is 61.8 Å². The Labute approximate surface area is 127 Å². The molecule has 0 aromatic rings. The summed E-state index contributed by atoms with van der Waals surface area (Å²) in [5, 5.41) is 0. The number of ether oxygens (including phenoxy) is 1. The number of allylic oxidation sites excluding steroid dienone is 1. The van der Waals surface area contributed by atoms with Crippen molar-refractivity contribution in [3.8, 4) is 0 Å². The van der Waals surface area contributed by atoms with Crippen molar-refractivity contribution in [2.24, 2.45) is 0 Å². The minimum Gasteiger partial charge on any atom is -0.467 e. The van der Waals surface area contributed by atoms with Crippen LogP contribution in [0.4, 0.5) is 0 Å². The van der Waals surface area contributed by atoms with E-state index in [1.807, 2.05) is 0 Å². The molecule has 0 rings (SSSR count). The second-order valence-electron chi connectivity index (χ2n) is 3.14. The van der Waals surface area contributed by atoms with Gasteiger partial charge in [0.2, 0.25) is 0 Å². The second kappa shape index (κ2) is 11.4. The first kappa shape index (κ1) is 20.9. The third-order valence-corrected chi connectivity index (χ3v) is 3.64. The molecule has 19 heavy (non-hydrogen) atoms. The maximum Gasteiger partial charge on any atom is 1.00 e. The van der Waals surface area contributed by atoms with Gasteiger partial charge in [-0.15, -0.1) is 6.92 Å². The standard InChI is InChI=1S/C12H20O5P.Li/c1-5-8-9-11(12(13)15-4)10-18(14,16-6-2)17-7-3;/h5,8-10H,6-7H2,1-4H3;/q-1;+1/b9-8+,11-10?;. The van der Waals surface area contributed by atoms with Crippen LogP contribution in [0.5, 0.6) is 0 Å². The number of carbonyl (C=O) groups excluding carboxylic acids is 1. The van der Waals surface area contributed by atoms with Crippen molar-refractivity contribution in [2.75, 3.05) is 20.3 Å². The fourth-order valence-electron chi connectivity index (χ4n) is 1.12. The van der Waals surface area contributed by atoms with Gasteiger partial charge in [0, 0.05) is 5.82 Å². The average Bonchev–Trinajstić information content (AvgIpc) is 2.34. The fraction of sp³-hybridized carbons (Fsp3) is 0.500. The molecule has 0 aliphatic carbocycles. The zero-order valence-corrected chi connectivity index (χ0v) is 13.1. The van der Waals surface area contributed by atoms with E-state index in [0.717, 1.165) is 0 Å². The van der Waals surface area contributed by atoms with Crippen molar-refractivity contribution in [2.45, 2.75) is 20.8 Å². The largest absolute Gasteiger partial charge is 1.00 e. The second-order valence-corrected chi connectivity index (χ2v) is 5.00. The van der Waals surface area contributed by atoms with E-state index in [9.17, 15) is 9.36 Å². The summed E-state index contributed by atoms with van der Waals surface area (Å²) in [7, 11) is -2.15. The minimum atomic E-state index is -3.41. The molecule has 7 heteroatoms. The summed E-state index contributed by atoms with van der Waals surface area (Å²) >= 11 is 0. The number of esters is 1. The molecule has 0 saturated carbocycles. The number of carbonyl (C=O) groups is 1. The first-order valence-corrected chi connectivity index (χ1v) is 7.30. The Bertz CT molecular complexity index is 355. The molecular formula is C12H20LiO5P. The quantitative estimate of drug-likeness (QED) is 0.158. The molecule has 104 valence electrons. The third kappa shape index (κ3) is 8.36. The maximum absolute atomic E-state index is 12.2. The maximum atomic E-state index is 12.2. The van der Waals surface area contributed by atoms with E-state index in [0.29, 0.717) is 0 Å². The predicted molar refractivity (Wildman–Crippen MR) is 70.1 cm³/mol. The van der Waals surface area contributed by atoms with Gasteiger partial charge in [0.15, 0.2) is 0 Å². The van der Waals surface area contributed by atoms with E-state index in [2.05, 4.69) is 4.74 Å². The molecule has 0 amide bonds. The average molecular weight is 282 g/mol. The van der Waals surface area contributed by atoms with E-state index in [-0.39, 0.29) is 37.6 Å². The van der Waals surface area contributed by atoms with Crippen molar-refractivity contribution < 1.29 is 42.0 Å². The van der Waals surface area contributed by atoms with E-state index in [1.54, 1.807) is 33.3 Å². The molecule has 0 radical (unpaired) electrons. The van der Waals surface area contributed by atoms with Gasteiger partial charge in [-0.2, -0.15) is 6.08 Å². The van der Waals surface area contributed by atoms with Crippen LogP contribution in [-0.4, -0.2) is 26.3 Å². The van der Waals surface area contributed by atoms with Crippen molar-refractivity contribution in [3.05, 3.63) is 30.0 Å². The van der Waals surface area contributed by atoms with Gasteiger partial charge in [-0.05, 0) is 19.4 Å². The van der Waals surface area contributed by atoms with Crippen LogP contribution in [0.3, 0.4) is 0 Å². The van der Waals surface area contributed by atoms with Crippen LogP contribution in [0.2, 0.25) is 0 Å². The van der Waals surface area contributed by atoms with Gasteiger partial charge in [-0.25, -0.2) is 17.3 Å². The number of rotatable bonds is 8. The van der Waals surface area contributed by atoms with Gasteiger partial charge >= 0.3 is 32.4 Å². The summed E-state index contributed by atoms with van der Waals surface area (Å²) in [6.07, 6.45) is 4.88. The fourth-order valence-corrected chi connectivity index (χ4v) is 2.60. The van der Waals surface area contributed by atoms with Crippen molar-refractivity contribution in [1.82, 2.24) is 0 Å². The molecule has 0 saturated heterocycles. The van der Waals surface area contributed by atoms with Crippen molar-refractivity contribution in [3.63, 3.8) is 0 Å². The van der Waals surface area contributed by atoms with Crippen LogP contribution in [-0.2, 0) is 23.1 Å². The summed E-state index contributed by atoms with van der Waals surface area (Å²) < 4.78 is 27.0. The van der Waals surface area contributed by atoms with Gasteiger partial charge < -0.3 is 13.8 Å². The molecule has 0 heterocycles. The first-order valence-electron chi connectivity index (χ1n) is 5.69. The van der Waals surface area contributed by atoms with E-state index in [4.69, 9.17) is 9.05 Å². The van der Waals surface area contributed by atoms with Gasteiger partial charge in [-0.1, -0.05) is 0 Å². The van der Waals surface area contributed by atoms with Gasteiger partial charge in [0.1, 0.15) is 0 Å². The Morgan fingerprint density at radius 2 is 1.79 bits per heavy atom. The summed E-state index contributed by atoms with van der Waals surface area (Å²) in [4.78, 5) is 11.5. The molecule has 0 aliphatic rings. The third-order valence-electron chi connectivity index (χ3n) is 1.80. The number of hydrogen-bond donors (Lipinski definition) is 0. The van der Waals surface area contributed by atoms with Crippen LogP contribution < -0.4 is 18.9 Å². The normalized spacial score (nSPS) is 12.1. The van der Waals surface area contributed by atoms with Crippen molar-refractivity contribution in [1.29, 1.82) is 0 Å².